The molecule has 0 radical (unpaired) electrons. The molecule has 1 aromatic rings. The van der Waals surface area contributed by atoms with Crippen molar-refractivity contribution < 1.29 is 22.7 Å². The molecule has 8 heteroatoms. The summed E-state index contributed by atoms with van der Waals surface area (Å²) in [4.78, 5) is 10.8. The predicted octanol–water partition coefficient (Wildman–Crippen LogP) is 2.24. The SMILES string of the molecule is CCSC1CCCC1NS(=O)(=O)c1cc(C(=O)O)oc1C. The molecule has 1 aliphatic rings. The van der Waals surface area contributed by atoms with Crippen LogP contribution in [0, 0.1) is 6.92 Å². The molecule has 0 aliphatic heterocycles. The molecule has 2 rings (SSSR count). The average molecular weight is 333 g/mol. The molecule has 21 heavy (non-hydrogen) atoms. The van der Waals surface area contributed by atoms with Gasteiger partial charge in [0.15, 0.2) is 0 Å². The summed E-state index contributed by atoms with van der Waals surface area (Å²) in [5, 5.41) is 9.15. The third-order valence-corrected chi connectivity index (χ3v) is 6.44. The highest BCUT2D eigenvalue weighted by Gasteiger charge is 2.33. The molecule has 0 amide bonds. The van der Waals surface area contributed by atoms with Crippen LogP contribution >= 0.6 is 11.8 Å². The van der Waals surface area contributed by atoms with Gasteiger partial charge in [0, 0.05) is 17.4 Å². The second kappa shape index (κ2) is 6.41. The van der Waals surface area contributed by atoms with E-state index in [0.29, 0.717) is 0 Å². The van der Waals surface area contributed by atoms with E-state index in [-0.39, 0.29) is 27.7 Å². The number of thioether (sulfide) groups is 1. The Bertz CT molecular complexity index is 623. The standard InChI is InChI=1S/C13H19NO5S2/c1-3-20-11-6-4-5-9(11)14-21(17,18)12-7-10(13(15)16)19-8(12)2/h7,9,11,14H,3-6H2,1-2H3,(H,15,16). The number of nitrogens with one attached hydrogen (secondary N) is 1. The molecule has 0 saturated heterocycles. The minimum Gasteiger partial charge on any atom is -0.475 e. The Morgan fingerprint density at radius 2 is 2.24 bits per heavy atom. The van der Waals surface area contributed by atoms with Gasteiger partial charge in [-0.1, -0.05) is 13.3 Å². The normalized spacial score (nSPS) is 22.6. The van der Waals surface area contributed by atoms with Gasteiger partial charge < -0.3 is 9.52 Å². The number of hydrogen-bond donors (Lipinski definition) is 2. The van der Waals surface area contributed by atoms with Crippen LogP contribution in [-0.4, -0.2) is 36.5 Å². The van der Waals surface area contributed by atoms with Gasteiger partial charge in [-0.2, -0.15) is 11.8 Å². The monoisotopic (exact) mass is 333 g/mol. The number of furan rings is 1. The van der Waals surface area contributed by atoms with E-state index in [0.717, 1.165) is 31.1 Å². The first kappa shape index (κ1) is 16.4. The zero-order valence-electron chi connectivity index (χ0n) is 12.0. The Morgan fingerprint density at radius 1 is 1.52 bits per heavy atom. The van der Waals surface area contributed by atoms with Gasteiger partial charge in [-0.3, -0.25) is 0 Å². The molecule has 2 N–H and O–H groups in total. The van der Waals surface area contributed by atoms with Gasteiger partial charge >= 0.3 is 5.97 Å². The van der Waals surface area contributed by atoms with E-state index in [2.05, 4.69) is 4.72 Å². The first-order valence-corrected chi connectivity index (χ1v) is 9.36. The van der Waals surface area contributed by atoms with Crippen molar-refractivity contribution in [3.8, 4) is 0 Å². The molecule has 1 heterocycles. The first-order chi connectivity index (χ1) is 9.85. The molecule has 2 unspecified atom stereocenters. The number of carboxylic acid groups (broad SMARTS) is 1. The number of rotatable bonds is 6. The second-order valence-corrected chi connectivity index (χ2v) is 8.19. The van der Waals surface area contributed by atoms with E-state index in [1.54, 1.807) is 11.8 Å². The van der Waals surface area contributed by atoms with Crippen LogP contribution in [0.15, 0.2) is 15.4 Å². The van der Waals surface area contributed by atoms with Crippen LogP contribution in [-0.2, 0) is 10.0 Å². The molecule has 118 valence electrons. The Balaban J connectivity index is 2.20. The largest absolute Gasteiger partial charge is 0.475 e. The quantitative estimate of drug-likeness (QED) is 0.829. The molecule has 1 aliphatic carbocycles. The number of hydrogen-bond acceptors (Lipinski definition) is 5. The summed E-state index contributed by atoms with van der Waals surface area (Å²) in [7, 11) is -3.76. The molecule has 0 aromatic carbocycles. The molecule has 0 bridgehead atoms. The lowest BCUT2D eigenvalue weighted by molar-refractivity contribution is 0.0661. The van der Waals surface area contributed by atoms with Crippen LogP contribution in [0.25, 0.3) is 0 Å². The topological polar surface area (TPSA) is 96.6 Å². The smallest absolute Gasteiger partial charge is 0.371 e. The average Bonchev–Trinajstić information content (AvgIpc) is 2.97. The van der Waals surface area contributed by atoms with Crippen molar-refractivity contribution in [2.75, 3.05) is 5.75 Å². The number of carboxylic acids is 1. The predicted molar refractivity (Wildman–Crippen MR) is 80.3 cm³/mol. The van der Waals surface area contributed by atoms with E-state index >= 15 is 0 Å². The van der Waals surface area contributed by atoms with E-state index in [1.165, 1.54) is 6.92 Å². The summed E-state index contributed by atoms with van der Waals surface area (Å²) in [6, 6.07) is 0.958. The minimum absolute atomic E-state index is 0.0907. The van der Waals surface area contributed by atoms with Crippen LogP contribution in [0.3, 0.4) is 0 Å². The second-order valence-electron chi connectivity index (χ2n) is 4.99. The Morgan fingerprint density at radius 3 is 2.81 bits per heavy atom. The van der Waals surface area contributed by atoms with Crippen molar-refractivity contribution in [3.63, 3.8) is 0 Å². The number of aromatic carboxylic acids is 1. The first-order valence-electron chi connectivity index (χ1n) is 6.82. The maximum absolute atomic E-state index is 12.4. The van der Waals surface area contributed by atoms with Crippen molar-refractivity contribution in [2.45, 2.75) is 49.3 Å². The molecule has 1 saturated carbocycles. The van der Waals surface area contributed by atoms with Gasteiger partial charge in [0.1, 0.15) is 10.7 Å². The molecule has 1 fully saturated rings. The van der Waals surface area contributed by atoms with E-state index in [9.17, 15) is 13.2 Å². The van der Waals surface area contributed by atoms with E-state index < -0.39 is 16.0 Å². The number of aryl methyl sites for hydroxylation is 1. The lowest BCUT2D eigenvalue weighted by Crippen LogP contribution is -2.38. The van der Waals surface area contributed by atoms with Crippen molar-refractivity contribution in [3.05, 3.63) is 17.6 Å². The summed E-state index contributed by atoms with van der Waals surface area (Å²) >= 11 is 1.75. The third kappa shape index (κ3) is 3.61. The lowest BCUT2D eigenvalue weighted by Gasteiger charge is -2.19. The molecule has 2 atom stereocenters. The van der Waals surface area contributed by atoms with E-state index in [1.807, 2.05) is 6.92 Å². The van der Waals surface area contributed by atoms with Crippen LogP contribution in [0.2, 0.25) is 0 Å². The van der Waals surface area contributed by atoms with Crippen molar-refractivity contribution in [1.82, 2.24) is 4.72 Å². The van der Waals surface area contributed by atoms with Crippen molar-refractivity contribution in [1.29, 1.82) is 0 Å². The summed E-state index contributed by atoms with van der Waals surface area (Å²) < 4.78 is 32.5. The van der Waals surface area contributed by atoms with Gasteiger partial charge in [0.2, 0.25) is 15.8 Å². The Labute approximate surface area is 128 Å². The zero-order valence-corrected chi connectivity index (χ0v) is 13.6. The third-order valence-electron chi connectivity index (χ3n) is 3.51. The van der Waals surface area contributed by atoms with Gasteiger partial charge in [0.25, 0.3) is 0 Å². The summed E-state index contributed by atoms with van der Waals surface area (Å²) in [5.41, 5.74) is 0. The fourth-order valence-corrected chi connectivity index (χ4v) is 5.35. The maximum atomic E-state index is 12.4. The van der Waals surface area contributed by atoms with Gasteiger partial charge in [-0.05, 0) is 25.5 Å². The lowest BCUT2D eigenvalue weighted by atomic mass is 10.3. The molecule has 6 nitrogen and oxygen atoms in total. The molecular weight excluding hydrogens is 314 g/mol. The maximum Gasteiger partial charge on any atom is 0.371 e. The highest BCUT2D eigenvalue weighted by molar-refractivity contribution is 8.00. The molecule has 1 aromatic heterocycles. The van der Waals surface area contributed by atoms with Gasteiger partial charge in [0.05, 0.1) is 0 Å². The minimum atomic E-state index is -3.76. The van der Waals surface area contributed by atoms with Gasteiger partial charge in [-0.25, -0.2) is 17.9 Å². The van der Waals surface area contributed by atoms with Crippen LogP contribution < -0.4 is 4.72 Å². The van der Waals surface area contributed by atoms with Crippen molar-refractivity contribution in [2.24, 2.45) is 0 Å². The van der Waals surface area contributed by atoms with Crippen molar-refractivity contribution >= 4 is 27.8 Å². The fourth-order valence-electron chi connectivity index (χ4n) is 2.57. The van der Waals surface area contributed by atoms with E-state index in [4.69, 9.17) is 9.52 Å². The van der Waals surface area contributed by atoms with Crippen LogP contribution in [0.1, 0.15) is 42.5 Å². The van der Waals surface area contributed by atoms with Crippen LogP contribution in [0.5, 0.6) is 0 Å². The number of carbonyl (C=O) groups is 1. The number of sulfonamides is 1. The summed E-state index contributed by atoms with van der Waals surface area (Å²) in [5.74, 6) is -0.604. The zero-order chi connectivity index (χ0) is 15.6. The molecule has 0 spiro atoms. The summed E-state index contributed by atoms with van der Waals surface area (Å²) in [6.45, 7) is 3.50. The Kier molecular flexibility index (Phi) is 5.00. The highest BCUT2D eigenvalue weighted by atomic mass is 32.2. The van der Waals surface area contributed by atoms with Gasteiger partial charge in [-0.15, -0.1) is 0 Å². The molecular formula is C13H19NO5S2. The van der Waals surface area contributed by atoms with Crippen LogP contribution in [0.4, 0.5) is 0 Å². The highest BCUT2D eigenvalue weighted by Crippen LogP contribution is 2.31. The fraction of sp³-hybridized carbons (Fsp3) is 0.615. The summed E-state index contributed by atoms with van der Waals surface area (Å²) in [6.07, 6.45) is 2.80. The Hall–Kier alpha value is -0.990.